The van der Waals surface area contributed by atoms with Gasteiger partial charge in [0.05, 0.1) is 16.9 Å². The second-order valence-corrected chi connectivity index (χ2v) is 6.09. The van der Waals surface area contributed by atoms with Crippen LogP contribution in [-0.4, -0.2) is 15.0 Å². The predicted molar refractivity (Wildman–Crippen MR) is 79.4 cm³/mol. The zero-order valence-electron chi connectivity index (χ0n) is 10.2. The Bertz CT molecular complexity index is 704. The van der Waals surface area contributed by atoms with E-state index >= 15 is 0 Å². The number of hydrazine groups is 1. The highest BCUT2D eigenvalue weighted by Gasteiger charge is 2.08. The van der Waals surface area contributed by atoms with Crippen molar-refractivity contribution < 1.29 is 0 Å². The number of nitrogens with one attached hydrogen (secondary N) is 2. The number of aromatic nitrogens is 3. The highest BCUT2D eigenvalue weighted by molar-refractivity contribution is 7.16. The van der Waals surface area contributed by atoms with Crippen molar-refractivity contribution in [3.8, 4) is 0 Å². The summed E-state index contributed by atoms with van der Waals surface area (Å²) >= 11 is 3.23. The monoisotopic (exact) mass is 292 g/mol. The standard InChI is InChI=1S/C11H12N6S2/c1-6-13-4-7(19-6)5-14-9-8-2-3-18-10(8)16-11(15-9)17-12/h2-4H,5,12H2,1H3,(H2,14,15,16,17). The summed E-state index contributed by atoms with van der Waals surface area (Å²) in [4.78, 5) is 14.9. The molecule has 0 bridgehead atoms. The van der Waals surface area contributed by atoms with Crippen molar-refractivity contribution in [3.63, 3.8) is 0 Å². The lowest BCUT2D eigenvalue weighted by atomic mass is 10.3. The largest absolute Gasteiger partial charge is 0.364 e. The molecular weight excluding hydrogens is 280 g/mol. The van der Waals surface area contributed by atoms with Gasteiger partial charge in [-0.3, -0.25) is 5.43 Å². The highest BCUT2D eigenvalue weighted by atomic mass is 32.1. The minimum absolute atomic E-state index is 0.415. The first kappa shape index (κ1) is 12.3. The van der Waals surface area contributed by atoms with Gasteiger partial charge in [0, 0.05) is 11.1 Å². The third kappa shape index (κ3) is 2.50. The van der Waals surface area contributed by atoms with E-state index in [1.807, 2.05) is 24.6 Å². The van der Waals surface area contributed by atoms with E-state index in [1.165, 1.54) is 4.88 Å². The van der Waals surface area contributed by atoms with E-state index in [0.29, 0.717) is 12.5 Å². The molecular formula is C11H12N6S2. The highest BCUT2D eigenvalue weighted by Crippen LogP contribution is 2.26. The summed E-state index contributed by atoms with van der Waals surface area (Å²) in [6.45, 7) is 2.68. The first-order valence-electron chi connectivity index (χ1n) is 5.63. The average molecular weight is 292 g/mol. The average Bonchev–Trinajstić information content (AvgIpc) is 3.04. The third-order valence-corrected chi connectivity index (χ3v) is 4.27. The van der Waals surface area contributed by atoms with Gasteiger partial charge < -0.3 is 5.32 Å². The Morgan fingerprint density at radius 3 is 3.00 bits per heavy atom. The molecule has 8 heteroatoms. The molecule has 0 radical (unpaired) electrons. The maximum Gasteiger partial charge on any atom is 0.240 e. The summed E-state index contributed by atoms with van der Waals surface area (Å²) < 4.78 is 0. The number of rotatable bonds is 4. The van der Waals surface area contributed by atoms with Gasteiger partial charge in [-0.25, -0.2) is 15.8 Å². The molecule has 0 aliphatic heterocycles. The van der Waals surface area contributed by atoms with Gasteiger partial charge in [0.25, 0.3) is 0 Å². The third-order valence-electron chi connectivity index (χ3n) is 2.55. The van der Waals surface area contributed by atoms with Crippen LogP contribution in [0.25, 0.3) is 10.2 Å². The quantitative estimate of drug-likeness (QED) is 0.505. The molecule has 3 rings (SSSR count). The fourth-order valence-corrected chi connectivity index (χ4v) is 3.21. The van der Waals surface area contributed by atoms with Crippen LogP contribution in [0.5, 0.6) is 0 Å². The summed E-state index contributed by atoms with van der Waals surface area (Å²) in [5.41, 5.74) is 2.49. The van der Waals surface area contributed by atoms with Crippen LogP contribution in [0, 0.1) is 6.92 Å². The summed E-state index contributed by atoms with van der Waals surface area (Å²) in [7, 11) is 0. The van der Waals surface area contributed by atoms with Crippen molar-refractivity contribution in [2.75, 3.05) is 10.7 Å². The van der Waals surface area contributed by atoms with E-state index in [9.17, 15) is 0 Å². The molecule has 3 aromatic heterocycles. The van der Waals surface area contributed by atoms with Gasteiger partial charge >= 0.3 is 0 Å². The number of nitrogens with zero attached hydrogens (tertiary/aromatic N) is 3. The molecule has 4 N–H and O–H groups in total. The number of thiophene rings is 1. The van der Waals surface area contributed by atoms with Crippen LogP contribution < -0.4 is 16.6 Å². The van der Waals surface area contributed by atoms with Gasteiger partial charge in [-0.2, -0.15) is 4.98 Å². The molecule has 0 aliphatic carbocycles. The molecule has 0 unspecified atom stereocenters. The van der Waals surface area contributed by atoms with E-state index in [1.54, 1.807) is 22.7 Å². The number of fused-ring (bicyclic) bond motifs is 1. The van der Waals surface area contributed by atoms with Gasteiger partial charge in [-0.05, 0) is 18.4 Å². The topological polar surface area (TPSA) is 88.8 Å². The Hall–Kier alpha value is -1.77. The van der Waals surface area contributed by atoms with Crippen LogP contribution in [0.15, 0.2) is 17.6 Å². The van der Waals surface area contributed by atoms with E-state index < -0.39 is 0 Å². The van der Waals surface area contributed by atoms with Crippen molar-refractivity contribution in [2.24, 2.45) is 5.84 Å². The molecule has 6 nitrogen and oxygen atoms in total. The molecule has 0 fully saturated rings. The van der Waals surface area contributed by atoms with Crippen LogP contribution in [0.2, 0.25) is 0 Å². The second-order valence-electron chi connectivity index (χ2n) is 3.88. The van der Waals surface area contributed by atoms with Crippen molar-refractivity contribution in [1.29, 1.82) is 0 Å². The smallest absolute Gasteiger partial charge is 0.240 e. The van der Waals surface area contributed by atoms with Crippen LogP contribution in [0.4, 0.5) is 11.8 Å². The predicted octanol–water partition coefficient (Wildman–Crippen LogP) is 2.35. The molecule has 0 atom stereocenters. The number of thiazole rings is 1. The molecule has 0 aliphatic rings. The Morgan fingerprint density at radius 1 is 1.37 bits per heavy atom. The van der Waals surface area contributed by atoms with Gasteiger partial charge in [-0.1, -0.05) is 0 Å². The second kappa shape index (κ2) is 5.08. The summed E-state index contributed by atoms with van der Waals surface area (Å²) in [6, 6.07) is 2.00. The number of hydrogen-bond acceptors (Lipinski definition) is 8. The normalized spacial score (nSPS) is 10.8. The van der Waals surface area contributed by atoms with Crippen molar-refractivity contribution in [3.05, 3.63) is 27.5 Å². The molecule has 0 amide bonds. The Morgan fingerprint density at radius 2 is 2.26 bits per heavy atom. The van der Waals surface area contributed by atoms with Crippen LogP contribution in [0.3, 0.4) is 0 Å². The fraction of sp³-hybridized carbons (Fsp3) is 0.182. The number of nitrogens with two attached hydrogens (primary N) is 1. The van der Waals surface area contributed by atoms with Crippen molar-refractivity contribution >= 4 is 44.7 Å². The molecule has 98 valence electrons. The zero-order chi connectivity index (χ0) is 13.2. The molecule has 0 saturated heterocycles. The first-order chi connectivity index (χ1) is 9.26. The van der Waals surface area contributed by atoms with Crippen LogP contribution in [-0.2, 0) is 6.54 Å². The van der Waals surface area contributed by atoms with E-state index in [4.69, 9.17) is 5.84 Å². The summed E-state index contributed by atoms with van der Waals surface area (Å²) in [6.07, 6.45) is 1.88. The molecule has 0 saturated carbocycles. The molecule has 0 spiro atoms. The van der Waals surface area contributed by atoms with Crippen molar-refractivity contribution in [1.82, 2.24) is 15.0 Å². The van der Waals surface area contributed by atoms with Crippen molar-refractivity contribution in [2.45, 2.75) is 13.5 Å². The van der Waals surface area contributed by atoms with E-state index in [-0.39, 0.29) is 0 Å². The number of aryl methyl sites for hydroxylation is 1. The van der Waals surface area contributed by atoms with Gasteiger partial charge in [0.2, 0.25) is 5.95 Å². The lowest BCUT2D eigenvalue weighted by Crippen LogP contribution is -2.11. The Kier molecular flexibility index (Phi) is 3.28. The number of anilines is 2. The fourth-order valence-electron chi connectivity index (χ4n) is 1.71. The SMILES string of the molecule is Cc1ncc(CNc2nc(NN)nc3sccc23)s1. The first-order valence-corrected chi connectivity index (χ1v) is 7.33. The van der Waals surface area contributed by atoms with E-state index in [2.05, 4.69) is 25.7 Å². The maximum absolute atomic E-state index is 5.38. The van der Waals surface area contributed by atoms with Gasteiger partial charge in [0.15, 0.2) is 0 Å². The Balaban J connectivity index is 1.88. The van der Waals surface area contributed by atoms with Crippen LogP contribution >= 0.6 is 22.7 Å². The van der Waals surface area contributed by atoms with Gasteiger partial charge in [-0.15, -0.1) is 22.7 Å². The molecule has 3 aromatic rings. The number of hydrogen-bond donors (Lipinski definition) is 3. The lowest BCUT2D eigenvalue weighted by molar-refractivity contribution is 1.10. The minimum Gasteiger partial charge on any atom is -0.364 e. The maximum atomic E-state index is 5.38. The molecule has 19 heavy (non-hydrogen) atoms. The summed E-state index contributed by atoms with van der Waals surface area (Å²) in [5.74, 6) is 6.58. The van der Waals surface area contributed by atoms with Gasteiger partial charge in [0.1, 0.15) is 10.6 Å². The molecule has 3 heterocycles. The van der Waals surface area contributed by atoms with Crippen LogP contribution in [0.1, 0.15) is 9.88 Å². The lowest BCUT2D eigenvalue weighted by Gasteiger charge is -2.07. The minimum atomic E-state index is 0.415. The zero-order valence-corrected chi connectivity index (χ0v) is 11.8. The van der Waals surface area contributed by atoms with E-state index in [0.717, 1.165) is 21.0 Å². The molecule has 0 aromatic carbocycles. The Labute approximate surface area is 117 Å². The number of nitrogen functional groups attached to an aromatic ring is 1. The summed E-state index contributed by atoms with van der Waals surface area (Å²) in [5, 5.41) is 7.36.